The monoisotopic (exact) mass is 598 g/mol. The molecule has 1 amide bonds. The summed E-state index contributed by atoms with van der Waals surface area (Å²) < 4.78 is 64.3. The van der Waals surface area contributed by atoms with E-state index in [1.807, 2.05) is 30.3 Å². The van der Waals surface area contributed by atoms with Gasteiger partial charge in [0.2, 0.25) is 5.91 Å². The molecule has 0 saturated heterocycles. The number of hydrogen-bond donors (Lipinski definition) is 0. The third kappa shape index (κ3) is 7.35. The molecule has 0 unspecified atom stereocenters. The van der Waals surface area contributed by atoms with E-state index in [1.165, 1.54) is 0 Å². The summed E-state index contributed by atoms with van der Waals surface area (Å²) in [6.07, 6.45) is -1.38. The number of aromatic nitrogens is 2. The van der Waals surface area contributed by atoms with E-state index < -0.39 is 29.3 Å². The van der Waals surface area contributed by atoms with Gasteiger partial charge in [0.25, 0.3) is 5.89 Å². The van der Waals surface area contributed by atoms with Crippen molar-refractivity contribution in [2.45, 2.75) is 82.7 Å². The van der Waals surface area contributed by atoms with Crippen LogP contribution < -0.4 is 9.64 Å². The van der Waals surface area contributed by atoms with Crippen LogP contribution in [0.15, 0.2) is 53.1 Å². The predicted octanol–water partition coefficient (Wildman–Crippen LogP) is 7.71. The molecule has 2 saturated carbocycles. The number of carbonyl (C=O) groups is 1. The number of rotatable bonds is 12. The van der Waals surface area contributed by atoms with Crippen molar-refractivity contribution in [3.8, 4) is 22.9 Å². The Balaban J connectivity index is 1.25. The fourth-order valence-corrected chi connectivity index (χ4v) is 5.15. The number of carbonyl (C=O) groups excluding carboxylic acids is 1. The molecule has 0 N–H and O–H groups in total. The van der Waals surface area contributed by atoms with E-state index in [0.29, 0.717) is 62.3 Å². The van der Waals surface area contributed by atoms with E-state index in [1.54, 1.807) is 36.9 Å². The van der Waals surface area contributed by atoms with Crippen LogP contribution in [0.3, 0.4) is 0 Å². The first-order valence-corrected chi connectivity index (χ1v) is 14.6. The number of nitriles is 1. The largest absolute Gasteiger partial charge is 0.473 e. The van der Waals surface area contributed by atoms with Crippen molar-refractivity contribution in [2.75, 3.05) is 11.4 Å². The molecule has 2 aliphatic carbocycles. The number of ether oxygens (including phenoxy) is 1. The van der Waals surface area contributed by atoms with Crippen molar-refractivity contribution >= 4 is 11.6 Å². The molecule has 2 aliphatic rings. The number of unbranched alkanes of at least 4 members (excludes halogenated alkanes) is 2. The molecule has 43 heavy (non-hydrogen) atoms. The number of halogens is 4. The number of amides is 1. The maximum Gasteiger partial charge on any atom is 0.391 e. The maximum absolute atomic E-state index is 14.1. The van der Waals surface area contributed by atoms with Crippen LogP contribution in [0.4, 0.5) is 23.2 Å². The summed E-state index contributed by atoms with van der Waals surface area (Å²) in [6, 6.07) is 16.7. The van der Waals surface area contributed by atoms with Gasteiger partial charge < -0.3 is 14.2 Å². The normalized spacial score (nSPS) is 19.3. The van der Waals surface area contributed by atoms with Crippen LogP contribution >= 0.6 is 0 Å². The van der Waals surface area contributed by atoms with Crippen LogP contribution in [0, 0.1) is 23.2 Å². The van der Waals surface area contributed by atoms with Gasteiger partial charge in [-0.05, 0) is 87.8 Å². The van der Waals surface area contributed by atoms with Crippen LogP contribution in [0.5, 0.6) is 5.75 Å². The average molecular weight is 599 g/mol. The van der Waals surface area contributed by atoms with Crippen molar-refractivity contribution in [3.63, 3.8) is 0 Å². The molecule has 11 heteroatoms. The van der Waals surface area contributed by atoms with Gasteiger partial charge in [0.1, 0.15) is 11.8 Å². The predicted molar refractivity (Wildman–Crippen MR) is 151 cm³/mol. The van der Waals surface area contributed by atoms with Crippen LogP contribution in [-0.2, 0) is 16.9 Å². The molecule has 3 aromatic rings. The van der Waals surface area contributed by atoms with Crippen molar-refractivity contribution < 1.29 is 31.6 Å². The Morgan fingerprint density at radius 1 is 1.09 bits per heavy atom. The van der Waals surface area contributed by atoms with Gasteiger partial charge in [0.05, 0.1) is 5.92 Å². The van der Waals surface area contributed by atoms with Gasteiger partial charge in [-0.25, -0.2) is 4.39 Å². The van der Waals surface area contributed by atoms with Crippen LogP contribution in [-0.4, -0.2) is 34.4 Å². The van der Waals surface area contributed by atoms with E-state index >= 15 is 0 Å². The fraction of sp³-hybridized carbons (Fsp3) is 0.500. The summed E-state index contributed by atoms with van der Waals surface area (Å²) in [5.41, 5.74) is -0.144. The van der Waals surface area contributed by atoms with E-state index in [-0.39, 0.29) is 24.6 Å². The molecule has 1 heterocycles. The third-order valence-electron chi connectivity index (χ3n) is 8.03. The number of anilines is 1. The highest BCUT2D eigenvalue weighted by molar-refractivity contribution is 5.96. The molecular formula is C32H34F4N4O3. The van der Waals surface area contributed by atoms with Crippen molar-refractivity contribution in [3.05, 3.63) is 60.2 Å². The quantitative estimate of drug-likeness (QED) is 0.157. The van der Waals surface area contributed by atoms with Gasteiger partial charge in [-0.3, -0.25) is 4.79 Å². The number of aryl methyl sites for hydroxylation is 1. The van der Waals surface area contributed by atoms with Gasteiger partial charge in [-0.2, -0.15) is 23.4 Å². The van der Waals surface area contributed by atoms with E-state index in [0.717, 1.165) is 11.1 Å². The zero-order valence-corrected chi connectivity index (χ0v) is 24.2. The van der Waals surface area contributed by atoms with Crippen molar-refractivity contribution in [1.82, 2.24) is 10.1 Å². The molecule has 0 atom stereocenters. The SMILES string of the molecule is CC(C)(C#N)Oc1ccc(-c2cccc(N(CCCCCc3noc(C4(F)CC4)n3)C(=O)C3CC(C(F)(F)F)C3)c2)cc1. The van der Waals surface area contributed by atoms with Crippen LogP contribution in [0.2, 0.25) is 0 Å². The van der Waals surface area contributed by atoms with Crippen LogP contribution in [0.25, 0.3) is 11.1 Å². The standard InChI is InChI=1S/C32H34F4N4O3/c1-30(2,20-37)42-26-12-10-21(11-13-26)22-7-6-8-25(19-22)40(28(41)23-17-24(18-23)32(34,35)36)16-5-3-4-9-27-38-29(43-39-27)31(33)14-15-31/h6-8,10-13,19,23-24H,3-5,9,14-18H2,1-2H3. The lowest BCUT2D eigenvalue weighted by Gasteiger charge is -2.38. The molecule has 0 radical (unpaired) electrons. The summed E-state index contributed by atoms with van der Waals surface area (Å²) >= 11 is 0. The van der Waals surface area contributed by atoms with Gasteiger partial charge in [-0.15, -0.1) is 0 Å². The Labute approximate surface area is 247 Å². The molecule has 1 aromatic heterocycles. The lowest BCUT2D eigenvalue weighted by Crippen LogP contribution is -2.46. The van der Waals surface area contributed by atoms with E-state index in [2.05, 4.69) is 16.2 Å². The van der Waals surface area contributed by atoms with Crippen LogP contribution in [0.1, 0.15) is 70.5 Å². The Morgan fingerprint density at radius 2 is 1.81 bits per heavy atom. The second-order valence-electron chi connectivity index (χ2n) is 12.0. The zero-order valence-electron chi connectivity index (χ0n) is 24.2. The molecular weight excluding hydrogens is 564 g/mol. The second kappa shape index (κ2) is 12.0. The topological polar surface area (TPSA) is 92.2 Å². The number of benzene rings is 2. The molecule has 0 spiro atoms. The fourth-order valence-electron chi connectivity index (χ4n) is 5.15. The maximum atomic E-state index is 14.1. The van der Waals surface area contributed by atoms with Gasteiger partial charge in [0, 0.05) is 24.6 Å². The molecule has 0 bridgehead atoms. The molecule has 7 nitrogen and oxygen atoms in total. The highest BCUT2D eigenvalue weighted by atomic mass is 19.4. The first-order valence-electron chi connectivity index (χ1n) is 14.6. The number of nitrogens with zero attached hydrogens (tertiary/aromatic N) is 4. The second-order valence-corrected chi connectivity index (χ2v) is 12.0. The van der Waals surface area contributed by atoms with E-state index in [9.17, 15) is 27.6 Å². The summed E-state index contributed by atoms with van der Waals surface area (Å²) in [7, 11) is 0. The Hall–Kier alpha value is -3.94. The summed E-state index contributed by atoms with van der Waals surface area (Å²) in [5.74, 6) is -1.41. The average Bonchev–Trinajstić information content (AvgIpc) is 3.50. The third-order valence-corrected chi connectivity index (χ3v) is 8.03. The smallest absolute Gasteiger partial charge is 0.391 e. The highest BCUT2D eigenvalue weighted by Gasteiger charge is 2.51. The summed E-state index contributed by atoms with van der Waals surface area (Å²) in [4.78, 5) is 19.2. The van der Waals surface area contributed by atoms with Gasteiger partial charge >= 0.3 is 6.18 Å². The van der Waals surface area contributed by atoms with Crippen molar-refractivity contribution in [2.24, 2.45) is 11.8 Å². The van der Waals surface area contributed by atoms with E-state index in [4.69, 9.17) is 9.26 Å². The minimum absolute atomic E-state index is 0.0324. The first kappa shape index (κ1) is 30.5. The lowest BCUT2D eigenvalue weighted by molar-refractivity contribution is -0.204. The minimum atomic E-state index is -4.30. The van der Waals surface area contributed by atoms with Gasteiger partial charge in [0.15, 0.2) is 17.1 Å². The Bertz CT molecular complexity index is 1470. The number of hydrogen-bond acceptors (Lipinski definition) is 6. The summed E-state index contributed by atoms with van der Waals surface area (Å²) in [6.45, 7) is 3.69. The molecule has 2 aromatic carbocycles. The van der Waals surface area contributed by atoms with Gasteiger partial charge in [-0.1, -0.05) is 35.8 Å². The molecule has 0 aliphatic heterocycles. The molecule has 2 fully saturated rings. The molecule has 228 valence electrons. The first-order chi connectivity index (χ1) is 20.4. The number of alkyl halides is 4. The molecule has 5 rings (SSSR count). The lowest BCUT2D eigenvalue weighted by atomic mass is 9.73. The Morgan fingerprint density at radius 3 is 2.47 bits per heavy atom. The minimum Gasteiger partial charge on any atom is -0.473 e. The Kier molecular flexibility index (Phi) is 8.50. The highest BCUT2D eigenvalue weighted by Crippen LogP contribution is 2.48. The van der Waals surface area contributed by atoms with Crippen molar-refractivity contribution in [1.29, 1.82) is 5.26 Å². The summed E-state index contributed by atoms with van der Waals surface area (Å²) in [5, 5.41) is 13.1. The zero-order chi connectivity index (χ0) is 30.8.